The van der Waals surface area contributed by atoms with Crippen LogP contribution < -0.4 is 11.2 Å². The van der Waals surface area contributed by atoms with E-state index >= 15 is 0 Å². The maximum absolute atomic E-state index is 13.3. The average Bonchev–Trinajstić information content (AvgIpc) is 2.92. The molecule has 0 aliphatic carbocycles. The van der Waals surface area contributed by atoms with Crippen molar-refractivity contribution in [2.75, 3.05) is 13.3 Å². The zero-order valence-corrected chi connectivity index (χ0v) is 16.8. The van der Waals surface area contributed by atoms with Gasteiger partial charge in [-0.3, -0.25) is 23.3 Å². The number of H-pyrrole nitrogens is 1. The Morgan fingerprint density at radius 1 is 1.17 bits per heavy atom. The molecule has 0 radical (unpaired) electrons. The molecule has 0 saturated carbocycles. The van der Waals surface area contributed by atoms with Gasteiger partial charge in [0.1, 0.15) is 6.23 Å². The first kappa shape index (κ1) is 24.3. The summed E-state index contributed by atoms with van der Waals surface area (Å²) in [6.07, 6.45) is -1.30. The van der Waals surface area contributed by atoms with Crippen LogP contribution in [0.15, 0.2) is 21.9 Å². The van der Waals surface area contributed by atoms with Gasteiger partial charge < -0.3 is 24.3 Å². The summed E-state index contributed by atoms with van der Waals surface area (Å²) in [7, 11) is -16.6. The topological polar surface area (TPSA) is 224 Å². The van der Waals surface area contributed by atoms with Crippen LogP contribution in [0, 0.1) is 5.92 Å². The molecule has 5 atom stereocenters. The van der Waals surface area contributed by atoms with E-state index in [0.717, 1.165) is 16.8 Å². The minimum Gasteiger partial charge on any atom is -0.352 e. The molecule has 0 spiro atoms. The van der Waals surface area contributed by atoms with Crippen LogP contribution in [0.3, 0.4) is 0 Å². The molecule has 1 aromatic heterocycles. The van der Waals surface area contributed by atoms with Gasteiger partial charge in [0.05, 0.1) is 19.4 Å². The van der Waals surface area contributed by atoms with E-state index in [1.54, 1.807) is 0 Å². The molecule has 0 amide bonds. The monoisotopic (exact) mass is 484 g/mol. The van der Waals surface area contributed by atoms with Crippen LogP contribution in [-0.2, 0) is 31.6 Å². The zero-order valence-electron chi connectivity index (χ0n) is 14.1. The third-order valence-corrected chi connectivity index (χ3v) is 7.27. The second-order valence-corrected chi connectivity index (χ2v) is 10.1. The molecule has 29 heavy (non-hydrogen) atoms. The molecule has 1 fully saturated rings. The van der Waals surface area contributed by atoms with Crippen LogP contribution >= 0.6 is 23.5 Å². The Hall–Kier alpha value is -1.02. The minimum atomic E-state index is -5.67. The summed E-state index contributed by atoms with van der Waals surface area (Å²) in [5.41, 5.74) is -1.57. The van der Waals surface area contributed by atoms with Gasteiger partial charge in [-0.1, -0.05) is 0 Å². The number of phosphoric acid groups is 3. The molecule has 15 nitrogen and oxygen atoms in total. The number of hydrogen-bond acceptors (Lipinski definition) is 9. The van der Waals surface area contributed by atoms with E-state index in [9.17, 15) is 32.6 Å². The Kier molecular flexibility index (Phi) is 7.53. The first-order chi connectivity index (χ1) is 13.2. The molecule has 1 aromatic rings. The largest absolute Gasteiger partial charge is 0.490 e. The lowest BCUT2D eigenvalue weighted by molar-refractivity contribution is -0.0370. The summed E-state index contributed by atoms with van der Waals surface area (Å²) < 4.78 is 64.6. The van der Waals surface area contributed by atoms with Crippen molar-refractivity contribution in [3.8, 4) is 0 Å². The predicted molar refractivity (Wildman–Crippen MR) is 89.1 cm³/mol. The highest BCUT2D eigenvalue weighted by atomic mass is 31.3. The number of aromatic nitrogens is 2. The first-order valence-corrected chi connectivity index (χ1v) is 12.0. The van der Waals surface area contributed by atoms with Gasteiger partial charge >= 0.3 is 29.2 Å². The fourth-order valence-corrected chi connectivity index (χ4v) is 5.51. The van der Waals surface area contributed by atoms with E-state index in [4.69, 9.17) is 19.4 Å². The van der Waals surface area contributed by atoms with Crippen molar-refractivity contribution < 1.29 is 55.5 Å². The molecule has 1 aliphatic heterocycles. The molecule has 1 aliphatic rings. The van der Waals surface area contributed by atoms with Crippen LogP contribution in [0.5, 0.6) is 0 Å². The van der Waals surface area contributed by atoms with Gasteiger partial charge in [-0.2, -0.15) is 8.62 Å². The van der Waals surface area contributed by atoms with Crippen LogP contribution in [-0.4, -0.2) is 48.5 Å². The quantitative estimate of drug-likeness (QED) is 0.286. The first-order valence-electron chi connectivity index (χ1n) is 7.52. The highest BCUT2D eigenvalue weighted by Gasteiger charge is 2.42. The van der Waals surface area contributed by atoms with E-state index < -0.39 is 66.2 Å². The third-order valence-electron chi connectivity index (χ3n) is 3.46. The summed E-state index contributed by atoms with van der Waals surface area (Å²) in [5.74, 6) is -0.895. The Labute approximate surface area is 160 Å². The van der Waals surface area contributed by atoms with Gasteiger partial charge in [-0.25, -0.2) is 18.5 Å². The summed E-state index contributed by atoms with van der Waals surface area (Å²) in [6, 6.07) is 0.999. The molecule has 0 aromatic carbocycles. The summed E-state index contributed by atoms with van der Waals surface area (Å²) in [5, 5.41) is 0. The van der Waals surface area contributed by atoms with Gasteiger partial charge in [-0.05, 0) is 6.42 Å². The number of aromatic amines is 1. The van der Waals surface area contributed by atoms with Gasteiger partial charge in [0.15, 0.2) is 0 Å². The fraction of sp³-hybridized carbons (Fsp3) is 0.600. The average molecular weight is 484 g/mol. The number of hydrogen-bond donors (Lipinski definition) is 5. The lowest BCUT2D eigenvalue weighted by Crippen LogP contribution is -2.34. The van der Waals surface area contributed by atoms with Crippen LogP contribution in [0.1, 0.15) is 12.6 Å². The van der Waals surface area contributed by atoms with Gasteiger partial charge in [0, 0.05) is 18.2 Å². The Bertz CT molecular complexity index is 988. The summed E-state index contributed by atoms with van der Waals surface area (Å²) in [4.78, 5) is 60.2. The van der Waals surface area contributed by atoms with Crippen molar-refractivity contribution in [1.29, 1.82) is 0 Å². The Morgan fingerprint density at radius 3 is 2.38 bits per heavy atom. The molecule has 0 bridgehead atoms. The minimum absolute atomic E-state index is 0.109. The second kappa shape index (κ2) is 9.00. The smallest absolute Gasteiger partial charge is 0.352 e. The van der Waals surface area contributed by atoms with E-state index in [-0.39, 0.29) is 6.42 Å². The normalized spacial score (nSPS) is 26.7. The lowest BCUT2D eigenvalue weighted by atomic mass is 10.1. The van der Waals surface area contributed by atoms with Gasteiger partial charge in [0.2, 0.25) is 0 Å². The maximum Gasteiger partial charge on any atom is 0.490 e. The van der Waals surface area contributed by atoms with Gasteiger partial charge in [-0.15, -0.1) is 0 Å². The maximum atomic E-state index is 13.3. The van der Waals surface area contributed by atoms with Gasteiger partial charge in [0.25, 0.3) is 5.56 Å². The number of ether oxygens (including phenoxy) is 1. The number of nitrogens with zero attached hydrogens (tertiary/aromatic N) is 1. The van der Waals surface area contributed by atoms with Crippen LogP contribution in [0.25, 0.3) is 0 Å². The molecular formula is C10H16FN2O13P3. The van der Waals surface area contributed by atoms with Crippen molar-refractivity contribution in [3.05, 3.63) is 33.1 Å². The van der Waals surface area contributed by atoms with Crippen LogP contribution in [0.2, 0.25) is 0 Å². The van der Waals surface area contributed by atoms with Crippen LogP contribution in [0.4, 0.5) is 4.39 Å². The van der Waals surface area contributed by atoms with Crippen molar-refractivity contribution in [3.63, 3.8) is 0 Å². The Morgan fingerprint density at radius 2 is 1.83 bits per heavy atom. The number of rotatable bonds is 9. The predicted octanol–water partition coefficient (Wildman–Crippen LogP) is -0.247. The lowest BCUT2D eigenvalue weighted by Gasteiger charge is -2.19. The van der Waals surface area contributed by atoms with E-state index in [1.165, 1.54) is 0 Å². The molecule has 1 saturated heterocycles. The Balaban J connectivity index is 2.03. The number of alkyl halides is 1. The van der Waals surface area contributed by atoms with Crippen molar-refractivity contribution in [2.24, 2.45) is 5.92 Å². The highest BCUT2D eigenvalue weighted by molar-refractivity contribution is 7.66. The standard InChI is InChI=1S/C10H16FN2O13P3/c11-4-6-3-7(24-9(6)13-2-1-8(14)12-10(13)15)5-23-28(19,20)26-29(21,22)25-27(16,17)18/h1-2,6-7,9H,3-5H2,(H,19,20)(H,21,22)(H,12,14,15)(H2,16,17,18)/t6?,7-,9+/m0/s1. The van der Waals surface area contributed by atoms with Crippen molar-refractivity contribution >= 4 is 23.5 Å². The molecule has 2 rings (SSSR count). The van der Waals surface area contributed by atoms with E-state index in [1.807, 2.05) is 4.98 Å². The second-order valence-electron chi connectivity index (χ2n) is 5.70. The van der Waals surface area contributed by atoms with Crippen molar-refractivity contribution in [1.82, 2.24) is 9.55 Å². The number of phosphoric ester groups is 1. The highest BCUT2D eigenvalue weighted by Crippen LogP contribution is 2.66. The zero-order chi connectivity index (χ0) is 22.0. The van der Waals surface area contributed by atoms with E-state index in [0.29, 0.717) is 0 Å². The summed E-state index contributed by atoms with van der Waals surface area (Å²) in [6.45, 7) is -1.74. The molecule has 2 heterocycles. The summed E-state index contributed by atoms with van der Waals surface area (Å²) >= 11 is 0. The molecular weight excluding hydrogens is 468 g/mol. The fourth-order valence-electron chi connectivity index (χ4n) is 2.47. The van der Waals surface area contributed by atoms with Crippen molar-refractivity contribution in [2.45, 2.75) is 18.8 Å². The van der Waals surface area contributed by atoms with E-state index in [2.05, 4.69) is 13.1 Å². The molecule has 3 unspecified atom stereocenters. The number of nitrogens with one attached hydrogen (secondary N) is 1. The third kappa shape index (κ3) is 7.31. The molecule has 19 heteroatoms. The molecule has 166 valence electrons. The number of halogens is 1. The SMILES string of the molecule is O=c1ccn([C@@H]2O[C@H](COP(=O)(O)OP(=O)(O)OP(=O)(O)O)CC2CF)c(=O)[nH]1. The molecule has 5 N–H and O–H groups in total.